The van der Waals surface area contributed by atoms with Crippen molar-refractivity contribution in [3.63, 3.8) is 0 Å². The van der Waals surface area contributed by atoms with Crippen LogP contribution in [0.3, 0.4) is 0 Å². The van der Waals surface area contributed by atoms with Crippen LogP contribution in [-0.4, -0.2) is 82.0 Å². The van der Waals surface area contributed by atoms with Gasteiger partial charge in [-0.1, -0.05) is 84.4 Å². The van der Waals surface area contributed by atoms with Crippen molar-refractivity contribution in [2.75, 3.05) is 24.6 Å². The Bertz CT molecular complexity index is 1630. The van der Waals surface area contributed by atoms with Crippen molar-refractivity contribution < 1.29 is 33.8 Å². The van der Waals surface area contributed by atoms with Gasteiger partial charge in [0.25, 0.3) is 5.91 Å². The smallest absolute Gasteiger partial charge is 0.313 e. The minimum absolute atomic E-state index is 0.0338. The number of fused-ring (bicyclic) bond motifs is 1. The lowest BCUT2D eigenvalue weighted by Crippen LogP contribution is -2.59. The summed E-state index contributed by atoms with van der Waals surface area (Å²) < 4.78 is 13.0. The number of ether oxygens (including phenoxy) is 2. The molecule has 2 aromatic rings. The van der Waals surface area contributed by atoms with Crippen LogP contribution in [0.5, 0.6) is 0 Å². The van der Waals surface area contributed by atoms with E-state index in [1.54, 1.807) is 17.1 Å². The number of carbonyl (C=O) groups excluding carboxylic acids is 4. The number of nitrogens with zero attached hydrogens (tertiary/aromatic N) is 2. The summed E-state index contributed by atoms with van der Waals surface area (Å²) in [5, 5.41) is 13.6. The van der Waals surface area contributed by atoms with Crippen molar-refractivity contribution in [3.05, 3.63) is 90.5 Å². The number of carbonyl (C=O) groups is 4. The van der Waals surface area contributed by atoms with E-state index in [0.29, 0.717) is 30.5 Å². The zero-order valence-electron chi connectivity index (χ0n) is 29.9. The summed E-state index contributed by atoms with van der Waals surface area (Å²) in [4.78, 5) is 59.7. The monoisotopic (exact) mass is 763 g/mol. The highest BCUT2D eigenvalue weighted by Gasteiger charge is 2.77. The van der Waals surface area contributed by atoms with E-state index in [1.165, 1.54) is 4.90 Å². The number of rotatable bonds is 16. The van der Waals surface area contributed by atoms with Crippen LogP contribution in [0.4, 0.5) is 5.69 Å². The lowest BCUT2D eigenvalue weighted by Gasteiger charge is -2.40. The first-order valence-corrected chi connectivity index (χ1v) is 18.7. The van der Waals surface area contributed by atoms with Gasteiger partial charge in [-0.25, -0.2) is 0 Å². The van der Waals surface area contributed by atoms with Gasteiger partial charge in [0.05, 0.1) is 37.1 Å². The van der Waals surface area contributed by atoms with Crippen LogP contribution in [-0.2, 0) is 28.7 Å². The highest BCUT2D eigenvalue weighted by Crippen LogP contribution is 2.61. The Balaban J connectivity index is 1.55. The number of halogens is 1. The number of aliphatic hydroxyl groups is 1. The van der Waals surface area contributed by atoms with Gasteiger partial charge < -0.3 is 29.7 Å². The van der Waals surface area contributed by atoms with Crippen molar-refractivity contribution in [2.45, 2.75) is 88.1 Å². The van der Waals surface area contributed by atoms with E-state index in [4.69, 9.17) is 9.47 Å². The number of likely N-dealkylation sites (tertiary alicyclic amines) is 1. The fourth-order valence-corrected chi connectivity index (χ4v) is 9.01. The van der Waals surface area contributed by atoms with Crippen LogP contribution >= 0.6 is 15.9 Å². The largest absolute Gasteiger partial charge is 0.455 e. The van der Waals surface area contributed by atoms with Gasteiger partial charge in [0.1, 0.15) is 17.7 Å². The van der Waals surface area contributed by atoms with Crippen molar-refractivity contribution in [2.24, 2.45) is 17.8 Å². The number of amides is 3. The van der Waals surface area contributed by atoms with Crippen LogP contribution in [0.1, 0.15) is 62.3 Å². The maximum absolute atomic E-state index is 15.1. The van der Waals surface area contributed by atoms with E-state index in [0.717, 1.165) is 11.1 Å². The summed E-state index contributed by atoms with van der Waals surface area (Å²) in [5.74, 6) is -3.58. The van der Waals surface area contributed by atoms with Crippen LogP contribution in [0.2, 0.25) is 0 Å². The first-order chi connectivity index (χ1) is 24.4. The summed E-state index contributed by atoms with van der Waals surface area (Å²) in [6, 6.07) is 13.2. The predicted octanol–water partition coefficient (Wildman–Crippen LogP) is 5.34. The summed E-state index contributed by atoms with van der Waals surface area (Å²) in [7, 11) is 0. The molecule has 1 spiro atoms. The summed E-state index contributed by atoms with van der Waals surface area (Å²) in [6.07, 6.45) is 3.24. The third-order valence-electron chi connectivity index (χ3n) is 10.3. The van der Waals surface area contributed by atoms with Crippen molar-refractivity contribution >= 4 is 45.3 Å². The van der Waals surface area contributed by atoms with E-state index in [9.17, 15) is 19.5 Å². The molecule has 0 aliphatic carbocycles. The minimum Gasteiger partial charge on any atom is -0.455 e. The molecule has 1 unspecified atom stereocenters. The van der Waals surface area contributed by atoms with E-state index < -0.39 is 53.6 Å². The van der Waals surface area contributed by atoms with Gasteiger partial charge in [-0.2, -0.15) is 0 Å². The van der Waals surface area contributed by atoms with Gasteiger partial charge in [0.15, 0.2) is 0 Å². The molecule has 11 heteroatoms. The number of hydrogen-bond acceptors (Lipinski definition) is 7. The third-order valence-corrected chi connectivity index (χ3v) is 11.1. The van der Waals surface area contributed by atoms with Gasteiger partial charge in [-0.15, -0.1) is 13.2 Å². The Morgan fingerprint density at radius 3 is 2.53 bits per heavy atom. The second-order valence-electron chi connectivity index (χ2n) is 14.4. The molecule has 3 heterocycles. The highest BCUT2D eigenvalue weighted by molar-refractivity contribution is 9.09. The summed E-state index contributed by atoms with van der Waals surface area (Å²) >= 11 is 3.75. The SMILES string of the molecule is C=CCCC(=O)NC[C@@H](OC(=O)[C@@H]1[C@H]2O[C@@]3(CC2Br)[C@H](C(=O)N(CC=C)c2cc(C)ccc2C)N([C@@H](CO)CC(C)C)C(=O)[C@@H]13)c1ccccc1. The quantitative estimate of drug-likeness (QED) is 0.134. The Hall–Kier alpha value is -3.80. The molecule has 2 bridgehead atoms. The Labute approximate surface area is 309 Å². The average molecular weight is 765 g/mol. The van der Waals surface area contributed by atoms with Crippen molar-refractivity contribution in [3.8, 4) is 0 Å². The molecule has 0 saturated carbocycles. The second kappa shape index (κ2) is 16.3. The number of aliphatic hydroxyl groups excluding tert-OH is 1. The number of esters is 1. The summed E-state index contributed by atoms with van der Waals surface area (Å²) in [6.45, 7) is 15.3. The standard InChI is InChI=1S/C40H50BrN3O7/c1-7-9-15-32(46)42-22-31(27-13-11-10-12-14-27)50-39(49)33-34-37(47)44(28(23-45)19-24(3)4)36(40(34)21-29(41)35(33)51-40)38(48)43(18-8-2)30-20-25(5)16-17-26(30)6/h7-8,10-14,16-17,20,24,28-29,31,33-36,45H,1-2,9,15,18-19,21-23H2,3-6H3,(H,42,46)/t28-,29?,31-,33+,34-,35+,36+,40-/m1/s1. The Morgan fingerprint density at radius 2 is 1.88 bits per heavy atom. The average Bonchev–Trinajstić information content (AvgIpc) is 3.71. The molecule has 0 radical (unpaired) electrons. The number of alkyl halides is 1. The molecule has 3 saturated heterocycles. The van der Waals surface area contributed by atoms with E-state index >= 15 is 4.79 Å². The van der Waals surface area contributed by atoms with Crippen LogP contribution < -0.4 is 10.2 Å². The molecule has 5 rings (SSSR count). The van der Waals surface area contributed by atoms with Crippen LogP contribution in [0.25, 0.3) is 0 Å². The van der Waals surface area contributed by atoms with Crippen LogP contribution in [0, 0.1) is 31.6 Å². The Morgan fingerprint density at radius 1 is 1.16 bits per heavy atom. The van der Waals surface area contributed by atoms with Gasteiger partial charge >= 0.3 is 5.97 Å². The maximum atomic E-state index is 15.1. The first-order valence-electron chi connectivity index (χ1n) is 17.8. The van der Waals surface area contributed by atoms with Gasteiger partial charge in [-0.3, -0.25) is 19.2 Å². The van der Waals surface area contributed by atoms with Crippen molar-refractivity contribution in [1.29, 1.82) is 0 Å². The molecule has 2 aromatic carbocycles. The zero-order chi connectivity index (χ0) is 37.0. The predicted molar refractivity (Wildman–Crippen MR) is 199 cm³/mol. The van der Waals surface area contributed by atoms with E-state index in [2.05, 4.69) is 34.4 Å². The lowest BCUT2D eigenvalue weighted by molar-refractivity contribution is -0.161. The van der Waals surface area contributed by atoms with Crippen molar-refractivity contribution in [1.82, 2.24) is 10.2 Å². The molecule has 0 aromatic heterocycles. The van der Waals surface area contributed by atoms with E-state index in [-0.39, 0.29) is 48.7 Å². The maximum Gasteiger partial charge on any atom is 0.313 e. The fraction of sp³-hybridized carbons (Fsp3) is 0.500. The third kappa shape index (κ3) is 7.57. The molecule has 10 nitrogen and oxygen atoms in total. The molecular formula is C40H50BrN3O7. The van der Waals surface area contributed by atoms with Crippen LogP contribution in [0.15, 0.2) is 73.8 Å². The number of nitrogens with one attached hydrogen (secondary N) is 1. The number of aryl methyl sites for hydroxylation is 2. The molecule has 3 amide bonds. The number of benzene rings is 2. The highest BCUT2D eigenvalue weighted by atomic mass is 79.9. The van der Waals surface area contributed by atoms with Gasteiger partial charge in [-0.05, 0) is 61.8 Å². The molecule has 3 fully saturated rings. The molecule has 51 heavy (non-hydrogen) atoms. The first kappa shape index (κ1) is 38.4. The molecule has 274 valence electrons. The Kier molecular flexibility index (Phi) is 12.2. The fourth-order valence-electron chi connectivity index (χ4n) is 8.07. The molecule has 2 N–H and O–H groups in total. The lowest BCUT2D eigenvalue weighted by atomic mass is 9.70. The molecule has 8 atom stereocenters. The topological polar surface area (TPSA) is 125 Å². The zero-order valence-corrected chi connectivity index (χ0v) is 31.5. The number of anilines is 1. The molecule has 3 aliphatic heterocycles. The number of hydrogen-bond donors (Lipinski definition) is 2. The summed E-state index contributed by atoms with van der Waals surface area (Å²) in [5.41, 5.74) is 1.85. The normalized spacial score (nSPS) is 26.1. The number of allylic oxidation sites excluding steroid dienone is 1. The van der Waals surface area contributed by atoms with Gasteiger partial charge in [0.2, 0.25) is 11.8 Å². The minimum atomic E-state index is -1.36. The molecular weight excluding hydrogens is 714 g/mol. The van der Waals surface area contributed by atoms with E-state index in [1.807, 2.05) is 76.2 Å². The van der Waals surface area contributed by atoms with Gasteiger partial charge in [0, 0.05) is 23.5 Å². The second-order valence-corrected chi connectivity index (χ2v) is 15.5. The molecule has 3 aliphatic rings.